The van der Waals surface area contributed by atoms with Crippen LogP contribution in [0.3, 0.4) is 0 Å². The fourth-order valence-corrected chi connectivity index (χ4v) is 9.34. The number of aromatic nitrogens is 3. The first-order chi connectivity index (χ1) is 25.4. The number of rotatable bonds is 6. The molecular weight excluding hydrogens is 711 g/mol. The summed E-state index contributed by atoms with van der Waals surface area (Å²) in [5.74, 6) is -0.346. The van der Waals surface area contributed by atoms with E-state index in [9.17, 15) is 27.6 Å². The summed E-state index contributed by atoms with van der Waals surface area (Å²) in [5, 5.41) is 3.45. The minimum absolute atomic E-state index is 0.140. The number of benzene rings is 2. The van der Waals surface area contributed by atoms with Gasteiger partial charge in [0.05, 0.1) is 39.0 Å². The molecule has 8 rings (SSSR count). The lowest BCUT2D eigenvalue weighted by Crippen LogP contribution is -2.57. The van der Waals surface area contributed by atoms with Crippen LogP contribution in [0.1, 0.15) is 49.3 Å². The van der Waals surface area contributed by atoms with E-state index < -0.39 is 29.5 Å². The number of alkyl halides is 3. The number of fused-ring (bicyclic) bond motifs is 5. The van der Waals surface area contributed by atoms with Crippen molar-refractivity contribution in [1.82, 2.24) is 39.5 Å². The molecule has 53 heavy (non-hydrogen) atoms. The molecule has 0 saturated carbocycles. The van der Waals surface area contributed by atoms with E-state index in [1.54, 1.807) is 20.6 Å². The summed E-state index contributed by atoms with van der Waals surface area (Å²) >= 11 is 6.16. The first-order valence-electron chi connectivity index (χ1n) is 18.3. The number of anilines is 1. The van der Waals surface area contributed by atoms with Crippen LogP contribution in [0.5, 0.6) is 0 Å². The number of nitrogen functional groups attached to an aromatic ring is 1. The first kappa shape index (κ1) is 35.7. The number of aromatic amines is 1. The molecule has 4 saturated heterocycles. The largest absolute Gasteiger partial charge is 0.418 e. The number of likely N-dealkylation sites (tertiary alicyclic amines) is 4. The molecule has 4 fully saturated rings. The monoisotopic (exact) mass is 753 g/mol. The smallest absolute Gasteiger partial charge is 0.397 e. The Morgan fingerprint density at radius 3 is 2.38 bits per heavy atom. The topological polar surface area (TPSA) is 136 Å². The Labute approximate surface area is 309 Å². The summed E-state index contributed by atoms with van der Waals surface area (Å²) in [5.41, 5.74) is 6.09. The van der Waals surface area contributed by atoms with Crippen LogP contribution in [-0.2, 0) is 17.4 Å². The first-order valence-corrected chi connectivity index (χ1v) is 18.7. The van der Waals surface area contributed by atoms with E-state index in [1.165, 1.54) is 6.07 Å². The fourth-order valence-electron chi connectivity index (χ4n) is 9.10. The van der Waals surface area contributed by atoms with Gasteiger partial charge in [-0.3, -0.25) is 19.2 Å². The van der Waals surface area contributed by atoms with Crippen LogP contribution >= 0.6 is 11.6 Å². The molecule has 0 radical (unpaired) electrons. The molecule has 2 bridgehead atoms. The number of imidazole rings is 1. The molecule has 0 aliphatic carbocycles. The van der Waals surface area contributed by atoms with Gasteiger partial charge < -0.3 is 30.7 Å². The third kappa shape index (κ3) is 6.71. The minimum atomic E-state index is -4.75. The van der Waals surface area contributed by atoms with Crippen LogP contribution in [0.15, 0.2) is 47.4 Å². The number of pyridine rings is 1. The molecule has 4 aliphatic rings. The lowest BCUT2D eigenvalue weighted by Gasteiger charge is -2.42. The van der Waals surface area contributed by atoms with Gasteiger partial charge >= 0.3 is 17.9 Å². The highest BCUT2D eigenvalue weighted by molar-refractivity contribution is 6.33. The van der Waals surface area contributed by atoms with Crippen molar-refractivity contribution in [3.63, 3.8) is 0 Å². The standard InChI is InChI=1S/C37H43ClF3N9O3/c1-46-19-25-17-24(46)20-49(25)22-6-10-47(11-7-22)34(51)30(16-21-14-27(37(39,40)41)32(42)28(38)15-21)44-35(52)48-12-8-23(9-13-48)50-31-18-43-29-5-3-2-4-26(29)33(31)45-36(50)53/h2-5,14-15,18,22-25,30H,6-13,16-17,19-20,42H2,1H3,(H,44,52)(H,45,53)/t24?,25?,30-/m1/s1. The lowest BCUT2D eigenvalue weighted by molar-refractivity contribution is -0.137. The molecule has 2 aromatic heterocycles. The van der Waals surface area contributed by atoms with Gasteiger partial charge in [-0.1, -0.05) is 29.8 Å². The zero-order chi connectivity index (χ0) is 37.2. The normalized spacial score (nSPS) is 22.7. The summed E-state index contributed by atoms with van der Waals surface area (Å²) in [4.78, 5) is 56.9. The maximum absolute atomic E-state index is 14.2. The average Bonchev–Trinajstić information content (AvgIpc) is 3.83. The molecule has 4 N–H and O–H groups in total. The summed E-state index contributed by atoms with van der Waals surface area (Å²) in [6.45, 7) is 3.67. The highest BCUT2D eigenvalue weighted by Gasteiger charge is 2.45. The molecule has 3 amide bonds. The molecule has 4 aromatic rings. The van der Waals surface area contributed by atoms with Crippen LogP contribution in [0.2, 0.25) is 5.02 Å². The van der Waals surface area contributed by atoms with Crippen LogP contribution in [0.25, 0.3) is 21.9 Å². The van der Waals surface area contributed by atoms with Crippen molar-refractivity contribution in [2.45, 2.75) is 74.9 Å². The van der Waals surface area contributed by atoms with Crippen molar-refractivity contribution in [1.29, 1.82) is 0 Å². The van der Waals surface area contributed by atoms with E-state index in [4.69, 9.17) is 17.3 Å². The quantitative estimate of drug-likeness (QED) is 0.248. The van der Waals surface area contributed by atoms with Crippen molar-refractivity contribution >= 4 is 51.2 Å². The second-order valence-electron chi connectivity index (χ2n) is 15.0. The molecule has 0 spiro atoms. The summed E-state index contributed by atoms with van der Waals surface area (Å²) < 4.78 is 43.3. The second-order valence-corrected chi connectivity index (χ2v) is 15.4. The Bertz CT molecular complexity index is 2100. The van der Waals surface area contributed by atoms with Gasteiger partial charge in [-0.2, -0.15) is 13.2 Å². The Morgan fingerprint density at radius 1 is 1.00 bits per heavy atom. The summed E-state index contributed by atoms with van der Waals surface area (Å²) in [7, 11) is 2.16. The molecule has 6 heterocycles. The number of para-hydroxylation sites is 1. The highest BCUT2D eigenvalue weighted by atomic mass is 35.5. The maximum Gasteiger partial charge on any atom is 0.418 e. The number of H-pyrrole nitrogens is 1. The average molecular weight is 754 g/mol. The molecule has 282 valence electrons. The molecular formula is C37H43ClF3N9O3. The van der Waals surface area contributed by atoms with E-state index >= 15 is 0 Å². The van der Waals surface area contributed by atoms with Gasteiger partial charge in [0.15, 0.2) is 0 Å². The van der Waals surface area contributed by atoms with Crippen molar-refractivity contribution < 1.29 is 22.8 Å². The van der Waals surface area contributed by atoms with Crippen LogP contribution in [-0.4, -0.2) is 117 Å². The fraction of sp³-hybridized carbons (Fsp3) is 0.514. The number of halogens is 4. The molecule has 2 aromatic carbocycles. The third-order valence-electron chi connectivity index (χ3n) is 11.9. The van der Waals surface area contributed by atoms with Crippen molar-refractivity contribution in [2.75, 3.05) is 52.0 Å². The van der Waals surface area contributed by atoms with Crippen molar-refractivity contribution in [2.24, 2.45) is 0 Å². The zero-order valence-corrected chi connectivity index (χ0v) is 30.2. The van der Waals surface area contributed by atoms with E-state index in [-0.39, 0.29) is 34.6 Å². The van der Waals surface area contributed by atoms with Crippen molar-refractivity contribution in [3.8, 4) is 0 Å². The molecule has 2 unspecified atom stereocenters. The number of nitrogens with two attached hydrogens (primary N) is 1. The number of nitrogens with zero attached hydrogens (tertiary/aromatic N) is 6. The number of nitrogens with one attached hydrogen (secondary N) is 2. The minimum Gasteiger partial charge on any atom is -0.397 e. The molecule has 16 heteroatoms. The number of amides is 3. The van der Waals surface area contributed by atoms with Crippen LogP contribution in [0.4, 0.5) is 23.7 Å². The number of carbonyl (C=O) groups excluding carboxylic acids is 2. The van der Waals surface area contributed by atoms with Gasteiger partial charge in [-0.05, 0) is 62.9 Å². The van der Waals surface area contributed by atoms with Gasteiger partial charge in [0, 0.05) is 75.2 Å². The number of carbonyl (C=O) groups is 2. The maximum atomic E-state index is 14.2. The van der Waals surface area contributed by atoms with E-state index in [2.05, 4.69) is 32.1 Å². The molecule has 4 aliphatic heterocycles. The SMILES string of the molecule is CN1CC2CC1CN2C1CCN(C(=O)[C@@H](Cc2cc(Cl)c(N)c(C(F)(F)F)c2)NC(=O)N2CCC(n3c(=O)[nH]c4c5ccccc5ncc43)CC2)CC1. The van der Waals surface area contributed by atoms with E-state index in [0.29, 0.717) is 68.2 Å². The molecule has 3 atom stereocenters. The van der Waals surface area contributed by atoms with Gasteiger partial charge in [0.1, 0.15) is 6.04 Å². The van der Waals surface area contributed by atoms with Crippen LogP contribution < -0.4 is 16.7 Å². The highest BCUT2D eigenvalue weighted by Crippen LogP contribution is 2.38. The summed E-state index contributed by atoms with van der Waals surface area (Å²) in [6.07, 6.45) is 0.448. The number of hydrogen-bond acceptors (Lipinski definition) is 7. The number of piperidine rings is 2. The molecule has 12 nitrogen and oxygen atoms in total. The van der Waals surface area contributed by atoms with Gasteiger partial charge in [-0.15, -0.1) is 0 Å². The Morgan fingerprint density at radius 2 is 1.70 bits per heavy atom. The van der Waals surface area contributed by atoms with Gasteiger partial charge in [0.2, 0.25) is 5.91 Å². The van der Waals surface area contributed by atoms with Crippen molar-refractivity contribution in [3.05, 3.63) is 69.2 Å². The van der Waals surface area contributed by atoms with Gasteiger partial charge in [0.25, 0.3) is 0 Å². The predicted molar refractivity (Wildman–Crippen MR) is 196 cm³/mol. The van der Waals surface area contributed by atoms with E-state index in [0.717, 1.165) is 49.3 Å². The number of urea groups is 1. The Kier molecular flexibility index (Phi) is 9.30. The summed E-state index contributed by atoms with van der Waals surface area (Å²) in [6, 6.07) is 9.45. The number of likely N-dealkylation sites (N-methyl/N-ethyl adjacent to an activating group) is 1. The number of piperazine rings is 1. The van der Waals surface area contributed by atoms with E-state index in [1.807, 2.05) is 24.3 Å². The van der Waals surface area contributed by atoms with Gasteiger partial charge in [-0.25, -0.2) is 9.59 Å². The van der Waals surface area contributed by atoms with Crippen LogP contribution in [0, 0.1) is 0 Å². The second kappa shape index (κ2) is 13.8. The predicted octanol–water partition coefficient (Wildman–Crippen LogP) is 4.47. The third-order valence-corrected chi connectivity index (χ3v) is 12.2. The number of hydrogen-bond donors (Lipinski definition) is 3. The Balaban J connectivity index is 0.973. The lowest BCUT2D eigenvalue weighted by atomic mass is 9.98. The zero-order valence-electron chi connectivity index (χ0n) is 29.4. The Hall–Kier alpha value is -4.34.